The van der Waals surface area contributed by atoms with Gasteiger partial charge in [-0.25, -0.2) is 19.2 Å². The topological polar surface area (TPSA) is 52.1 Å². The van der Waals surface area contributed by atoms with Gasteiger partial charge in [0.25, 0.3) is 0 Å². The lowest BCUT2D eigenvalue weighted by molar-refractivity contribution is 0.0728. The fourth-order valence-electron chi connectivity index (χ4n) is 4.37. The summed E-state index contributed by atoms with van der Waals surface area (Å²) < 4.78 is 19.9. The van der Waals surface area contributed by atoms with Crippen LogP contribution in [-0.2, 0) is 12.8 Å². The Morgan fingerprint density at radius 2 is 1.30 bits per heavy atom. The molecule has 0 amide bonds. The minimum atomic E-state index is -0.589. The summed E-state index contributed by atoms with van der Waals surface area (Å²) in [6.07, 6.45) is 19.0. The Labute approximate surface area is 221 Å². The molecule has 0 atom stereocenters. The molecule has 0 aliphatic rings. The molecule has 4 nitrogen and oxygen atoms in total. The summed E-state index contributed by atoms with van der Waals surface area (Å²) in [4.78, 5) is 21.5. The van der Waals surface area contributed by atoms with Gasteiger partial charge in [0.05, 0.1) is 5.56 Å². The van der Waals surface area contributed by atoms with E-state index in [9.17, 15) is 9.18 Å². The second-order valence-electron chi connectivity index (χ2n) is 9.83. The van der Waals surface area contributed by atoms with Crippen molar-refractivity contribution in [3.8, 4) is 17.1 Å². The molecule has 1 aromatic heterocycles. The predicted octanol–water partition coefficient (Wildman–Crippen LogP) is 8.92. The van der Waals surface area contributed by atoms with Crippen LogP contribution in [0.2, 0.25) is 0 Å². The summed E-state index contributed by atoms with van der Waals surface area (Å²) in [6, 6.07) is 11.8. The molecule has 0 saturated heterocycles. The van der Waals surface area contributed by atoms with Crippen molar-refractivity contribution in [1.29, 1.82) is 0 Å². The van der Waals surface area contributed by atoms with Gasteiger partial charge in [-0.2, -0.15) is 0 Å². The van der Waals surface area contributed by atoms with E-state index in [2.05, 4.69) is 23.8 Å². The Morgan fingerprint density at radius 1 is 0.730 bits per heavy atom. The van der Waals surface area contributed by atoms with Crippen LogP contribution >= 0.6 is 0 Å². The molecule has 3 rings (SSSR count). The molecule has 1 heterocycles. The fourth-order valence-corrected chi connectivity index (χ4v) is 4.37. The molecule has 0 aliphatic carbocycles. The molecule has 0 spiro atoms. The first kappa shape index (κ1) is 28.5. The van der Waals surface area contributed by atoms with Gasteiger partial charge in [-0.15, -0.1) is 0 Å². The average Bonchev–Trinajstić information content (AvgIpc) is 2.92. The van der Waals surface area contributed by atoms with Gasteiger partial charge in [-0.1, -0.05) is 89.8 Å². The van der Waals surface area contributed by atoms with Crippen LogP contribution in [-0.4, -0.2) is 15.9 Å². The zero-order valence-corrected chi connectivity index (χ0v) is 22.5. The molecule has 0 N–H and O–H groups in total. The molecule has 0 saturated carbocycles. The molecule has 0 unspecified atom stereocenters. The number of halogens is 1. The predicted molar refractivity (Wildman–Crippen MR) is 148 cm³/mol. The summed E-state index contributed by atoms with van der Waals surface area (Å²) in [5, 5.41) is 0. The van der Waals surface area contributed by atoms with Crippen LogP contribution in [0.4, 0.5) is 4.39 Å². The molecule has 0 bridgehead atoms. The highest BCUT2D eigenvalue weighted by Crippen LogP contribution is 2.22. The number of hydrogen-bond acceptors (Lipinski definition) is 4. The largest absolute Gasteiger partial charge is 0.420 e. The third-order valence-electron chi connectivity index (χ3n) is 6.67. The van der Waals surface area contributed by atoms with E-state index in [1.807, 2.05) is 18.5 Å². The van der Waals surface area contributed by atoms with Crippen molar-refractivity contribution in [2.75, 3.05) is 0 Å². The lowest BCUT2D eigenvalue weighted by atomic mass is 10.0. The van der Waals surface area contributed by atoms with Crippen LogP contribution in [0.1, 0.15) is 106 Å². The van der Waals surface area contributed by atoms with E-state index in [0.29, 0.717) is 11.4 Å². The Morgan fingerprint density at radius 3 is 1.92 bits per heavy atom. The van der Waals surface area contributed by atoms with Crippen LogP contribution < -0.4 is 4.74 Å². The second kappa shape index (κ2) is 15.9. The Bertz CT molecular complexity index is 1080. The van der Waals surface area contributed by atoms with Gasteiger partial charge in [-0.3, -0.25) is 0 Å². The Balaban J connectivity index is 1.48. The molecule has 0 radical (unpaired) electrons. The fraction of sp³-hybridized carbons (Fsp3) is 0.469. The molecular formula is C32H41FN2O2. The Hall–Kier alpha value is -3.08. The monoisotopic (exact) mass is 504 g/mol. The van der Waals surface area contributed by atoms with E-state index in [1.54, 1.807) is 30.3 Å². The number of carbonyl (C=O) groups is 1. The molecule has 0 fully saturated rings. The van der Waals surface area contributed by atoms with Gasteiger partial charge in [0.1, 0.15) is 0 Å². The molecule has 5 heteroatoms. The molecular weight excluding hydrogens is 463 g/mol. The normalized spacial score (nSPS) is 11.0. The quantitative estimate of drug-likeness (QED) is 0.111. The summed E-state index contributed by atoms with van der Waals surface area (Å²) >= 11 is 0. The average molecular weight is 505 g/mol. The van der Waals surface area contributed by atoms with Gasteiger partial charge in [-0.05, 0) is 61.1 Å². The summed E-state index contributed by atoms with van der Waals surface area (Å²) in [6.45, 7) is 4.42. The maximum Gasteiger partial charge on any atom is 0.343 e. The van der Waals surface area contributed by atoms with Crippen molar-refractivity contribution in [2.24, 2.45) is 0 Å². The van der Waals surface area contributed by atoms with Crippen molar-refractivity contribution in [2.45, 2.75) is 97.3 Å². The number of nitrogens with zero attached hydrogens (tertiary/aromatic N) is 2. The van der Waals surface area contributed by atoms with Crippen molar-refractivity contribution in [3.05, 3.63) is 77.4 Å². The van der Waals surface area contributed by atoms with Crippen molar-refractivity contribution in [1.82, 2.24) is 9.97 Å². The van der Waals surface area contributed by atoms with Gasteiger partial charge in [0, 0.05) is 18.0 Å². The second-order valence-corrected chi connectivity index (χ2v) is 9.83. The molecule has 0 aliphatic heterocycles. The third kappa shape index (κ3) is 9.71. The number of unbranched alkanes of at least 4 members (excludes halogenated alkanes) is 9. The van der Waals surface area contributed by atoms with Crippen LogP contribution in [0, 0.1) is 5.82 Å². The maximum absolute atomic E-state index is 14.6. The first-order valence-electron chi connectivity index (χ1n) is 14.0. The lowest BCUT2D eigenvalue weighted by Crippen LogP contribution is -2.09. The SMILES string of the molecule is CCCCCCCCCc1ccc(OC(=O)c2ccc(-c3ncc(CCCCCC)cn3)cc2)c(F)c1. The number of aromatic nitrogens is 2. The third-order valence-corrected chi connectivity index (χ3v) is 6.67. The highest BCUT2D eigenvalue weighted by Gasteiger charge is 2.13. The van der Waals surface area contributed by atoms with E-state index in [-0.39, 0.29) is 5.75 Å². The number of esters is 1. The number of aryl methyl sites for hydroxylation is 2. The van der Waals surface area contributed by atoms with E-state index in [0.717, 1.165) is 48.8 Å². The molecule has 2 aromatic carbocycles. The Kier molecular flexibility index (Phi) is 12.2. The zero-order chi connectivity index (χ0) is 26.3. The molecule has 3 aromatic rings. The van der Waals surface area contributed by atoms with E-state index < -0.39 is 11.8 Å². The summed E-state index contributed by atoms with van der Waals surface area (Å²) in [5.41, 5.74) is 3.23. The lowest BCUT2D eigenvalue weighted by Gasteiger charge is -2.08. The zero-order valence-electron chi connectivity index (χ0n) is 22.5. The number of ether oxygens (including phenoxy) is 1. The number of hydrogen-bond donors (Lipinski definition) is 0. The van der Waals surface area contributed by atoms with Gasteiger partial charge >= 0.3 is 5.97 Å². The van der Waals surface area contributed by atoms with E-state index in [4.69, 9.17) is 4.74 Å². The van der Waals surface area contributed by atoms with Crippen LogP contribution in [0.5, 0.6) is 5.75 Å². The van der Waals surface area contributed by atoms with Crippen LogP contribution in [0.25, 0.3) is 11.4 Å². The summed E-state index contributed by atoms with van der Waals surface area (Å²) in [5.74, 6) is -0.530. The van der Waals surface area contributed by atoms with Crippen molar-refractivity contribution in [3.63, 3.8) is 0 Å². The van der Waals surface area contributed by atoms with Gasteiger partial charge < -0.3 is 4.74 Å². The van der Waals surface area contributed by atoms with Crippen LogP contribution in [0.3, 0.4) is 0 Å². The minimum absolute atomic E-state index is 0.0461. The number of benzene rings is 2. The minimum Gasteiger partial charge on any atom is -0.420 e. The summed E-state index contributed by atoms with van der Waals surface area (Å²) in [7, 11) is 0. The highest BCUT2D eigenvalue weighted by atomic mass is 19.1. The number of rotatable bonds is 16. The van der Waals surface area contributed by atoms with Gasteiger partial charge in [0.2, 0.25) is 0 Å². The first-order chi connectivity index (χ1) is 18.1. The van der Waals surface area contributed by atoms with Crippen molar-refractivity contribution >= 4 is 5.97 Å². The maximum atomic E-state index is 14.6. The number of carbonyl (C=O) groups excluding carboxylic acids is 1. The van der Waals surface area contributed by atoms with E-state index >= 15 is 0 Å². The van der Waals surface area contributed by atoms with Gasteiger partial charge in [0.15, 0.2) is 17.4 Å². The molecule has 37 heavy (non-hydrogen) atoms. The first-order valence-corrected chi connectivity index (χ1v) is 14.0. The van der Waals surface area contributed by atoms with E-state index in [1.165, 1.54) is 57.4 Å². The van der Waals surface area contributed by atoms with Crippen molar-refractivity contribution < 1.29 is 13.9 Å². The molecule has 198 valence electrons. The smallest absolute Gasteiger partial charge is 0.343 e. The van der Waals surface area contributed by atoms with Crippen LogP contribution in [0.15, 0.2) is 54.9 Å². The standard InChI is InChI=1S/C32H41FN2O2/c1-3-5-7-9-10-11-13-14-25-16-21-30(29(33)22-25)37-32(36)28-19-17-27(18-20-28)31-34-23-26(24-35-31)15-12-8-6-4-2/h16-24H,3-15H2,1-2H3. The highest BCUT2D eigenvalue weighted by molar-refractivity contribution is 5.91.